The molecule has 1 aromatic rings. The van der Waals surface area contributed by atoms with Gasteiger partial charge in [0.15, 0.2) is 0 Å². The second kappa shape index (κ2) is 6.62. The van der Waals surface area contributed by atoms with Crippen LogP contribution in [0.3, 0.4) is 0 Å². The van der Waals surface area contributed by atoms with Crippen molar-refractivity contribution in [1.82, 2.24) is 0 Å². The second-order valence-corrected chi connectivity index (χ2v) is 13.2. The van der Waals surface area contributed by atoms with Crippen molar-refractivity contribution in [3.05, 3.63) is 35.9 Å². The van der Waals surface area contributed by atoms with Crippen molar-refractivity contribution < 1.29 is 4.74 Å². The van der Waals surface area contributed by atoms with Crippen molar-refractivity contribution in [2.24, 2.45) is 11.8 Å². The monoisotopic (exact) mass is 316 g/mol. The molecule has 0 amide bonds. The van der Waals surface area contributed by atoms with E-state index < -0.39 is 8.07 Å². The Balaban J connectivity index is 2.60. The number of hydrogen-bond acceptors (Lipinski definition) is 1. The maximum Gasteiger partial charge on any atom is 0.122 e. The highest BCUT2D eigenvalue weighted by atomic mass is 28.3. The van der Waals surface area contributed by atoms with Crippen LogP contribution in [-0.4, -0.2) is 14.7 Å². The van der Waals surface area contributed by atoms with Crippen molar-refractivity contribution in [2.75, 3.05) is 6.61 Å². The van der Waals surface area contributed by atoms with Crippen LogP contribution < -0.4 is 9.92 Å². The van der Waals surface area contributed by atoms with E-state index in [9.17, 15) is 0 Å². The van der Waals surface area contributed by atoms with E-state index in [1.807, 2.05) is 6.08 Å². The quantitative estimate of drug-likeness (QED) is 0.532. The summed E-state index contributed by atoms with van der Waals surface area (Å²) in [7, 11) is -1.44. The van der Waals surface area contributed by atoms with Gasteiger partial charge in [0, 0.05) is 0 Å². The number of aryl methyl sites for hydroxylation is 1. The summed E-state index contributed by atoms with van der Waals surface area (Å²) >= 11 is 0. The van der Waals surface area contributed by atoms with Gasteiger partial charge in [0.2, 0.25) is 0 Å². The minimum Gasteiger partial charge on any atom is -0.489 e. The molecule has 2 rings (SSSR count). The van der Waals surface area contributed by atoms with Crippen molar-refractivity contribution in [3.8, 4) is 5.75 Å². The lowest BCUT2D eigenvalue weighted by Gasteiger charge is -2.29. The van der Waals surface area contributed by atoms with E-state index in [1.54, 1.807) is 0 Å². The molecule has 22 heavy (non-hydrogen) atoms. The summed E-state index contributed by atoms with van der Waals surface area (Å²) in [6.45, 7) is 18.7. The molecule has 0 aromatic heterocycles. The van der Waals surface area contributed by atoms with Crippen LogP contribution in [0.5, 0.6) is 5.75 Å². The number of hydrogen-bond donors (Lipinski definition) is 0. The molecular weight excluding hydrogens is 284 g/mol. The molecular formula is C20H32OSi. The van der Waals surface area contributed by atoms with Crippen molar-refractivity contribution >= 4 is 13.3 Å². The van der Waals surface area contributed by atoms with Crippen LogP contribution in [0, 0.1) is 18.8 Å². The lowest BCUT2D eigenvalue weighted by Crippen LogP contribution is -2.40. The van der Waals surface area contributed by atoms with E-state index in [-0.39, 0.29) is 0 Å². The second-order valence-electron chi connectivity index (χ2n) is 8.14. The van der Waals surface area contributed by atoms with E-state index in [4.69, 9.17) is 4.74 Å². The van der Waals surface area contributed by atoms with E-state index in [0.717, 1.165) is 11.8 Å². The molecule has 2 unspecified atom stereocenters. The fourth-order valence-electron chi connectivity index (χ4n) is 3.97. The standard InChI is InChI=1S/C20H32OSi/c1-8-11-21-20-17(19-15(3)9-10-16(19)4)12-14(2)13-18(20)22(5,6)7/h8,12-13,15-16,19H,1,9-11H2,2-7H3. The highest BCUT2D eigenvalue weighted by Gasteiger charge is 2.35. The minimum atomic E-state index is -1.44. The normalized spacial score (nSPS) is 25.3. The van der Waals surface area contributed by atoms with E-state index in [0.29, 0.717) is 12.5 Å². The molecule has 0 saturated heterocycles. The third kappa shape index (κ3) is 3.48. The largest absolute Gasteiger partial charge is 0.489 e. The lowest BCUT2D eigenvalue weighted by molar-refractivity contribution is 0.348. The summed E-state index contributed by atoms with van der Waals surface area (Å²) in [5.74, 6) is 3.31. The zero-order valence-electron chi connectivity index (χ0n) is 15.2. The van der Waals surface area contributed by atoms with Gasteiger partial charge >= 0.3 is 0 Å². The van der Waals surface area contributed by atoms with E-state index in [1.165, 1.54) is 34.9 Å². The van der Waals surface area contributed by atoms with Crippen LogP contribution in [0.2, 0.25) is 19.6 Å². The van der Waals surface area contributed by atoms with E-state index in [2.05, 4.69) is 59.1 Å². The first-order valence-corrected chi connectivity index (χ1v) is 12.1. The molecule has 2 atom stereocenters. The van der Waals surface area contributed by atoms with Crippen LogP contribution in [0.1, 0.15) is 43.7 Å². The van der Waals surface area contributed by atoms with Crippen molar-refractivity contribution in [3.63, 3.8) is 0 Å². The molecule has 2 heteroatoms. The van der Waals surface area contributed by atoms with E-state index >= 15 is 0 Å². The van der Waals surface area contributed by atoms with Gasteiger partial charge in [-0.1, -0.05) is 63.8 Å². The Morgan fingerprint density at radius 1 is 1.18 bits per heavy atom. The maximum absolute atomic E-state index is 6.22. The van der Waals surface area contributed by atoms with Gasteiger partial charge in [-0.05, 0) is 48.3 Å². The zero-order chi connectivity index (χ0) is 16.5. The number of benzene rings is 1. The Kier molecular flexibility index (Phi) is 5.21. The summed E-state index contributed by atoms with van der Waals surface area (Å²) < 4.78 is 6.22. The Labute approximate surface area is 137 Å². The summed E-state index contributed by atoms with van der Waals surface area (Å²) in [5, 5.41) is 1.47. The molecule has 1 aromatic carbocycles. The molecule has 0 spiro atoms. The highest BCUT2D eigenvalue weighted by Crippen LogP contribution is 2.46. The van der Waals surface area contributed by atoms with Crippen LogP contribution in [0.25, 0.3) is 0 Å². The molecule has 1 aliphatic carbocycles. The number of ether oxygens (including phenoxy) is 1. The molecule has 0 N–H and O–H groups in total. The minimum absolute atomic E-state index is 0.600. The molecule has 0 bridgehead atoms. The molecule has 1 fully saturated rings. The fraction of sp³-hybridized carbons (Fsp3) is 0.600. The van der Waals surface area contributed by atoms with Crippen LogP contribution >= 0.6 is 0 Å². The third-order valence-electron chi connectivity index (χ3n) is 5.08. The van der Waals surface area contributed by atoms with Gasteiger partial charge in [-0.15, -0.1) is 0 Å². The molecule has 0 radical (unpaired) electrons. The van der Waals surface area contributed by atoms with Gasteiger partial charge < -0.3 is 4.74 Å². The predicted molar refractivity (Wildman–Crippen MR) is 100 cm³/mol. The first-order chi connectivity index (χ1) is 10.3. The molecule has 1 nitrogen and oxygen atoms in total. The third-order valence-corrected chi connectivity index (χ3v) is 7.07. The SMILES string of the molecule is C=CCOc1c(C2C(C)CCC2C)cc(C)cc1[Si](C)(C)C. The molecule has 122 valence electrons. The Morgan fingerprint density at radius 2 is 1.77 bits per heavy atom. The van der Waals surface area contributed by atoms with Gasteiger partial charge in [-0.3, -0.25) is 0 Å². The molecule has 0 heterocycles. The average molecular weight is 317 g/mol. The van der Waals surface area contributed by atoms with Gasteiger partial charge in [0.25, 0.3) is 0 Å². The first kappa shape index (κ1) is 17.3. The summed E-state index contributed by atoms with van der Waals surface area (Å²) in [6, 6.07) is 4.74. The fourth-order valence-corrected chi connectivity index (χ4v) is 5.53. The van der Waals surface area contributed by atoms with Gasteiger partial charge in [0.1, 0.15) is 12.4 Å². The summed E-state index contributed by atoms with van der Waals surface area (Å²) in [4.78, 5) is 0. The van der Waals surface area contributed by atoms with Crippen LogP contribution in [0.15, 0.2) is 24.8 Å². The van der Waals surface area contributed by atoms with Crippen molar-refractivity contribution in [2.45, 2.75) is 59.2 Å². The van der Waals surface area contributed by atoms with Gasteiger partial charge in [0.05, 0.1) is 8.07 Å². The van der Waals surface area contributed by atoms with Gasteiger partial charge in [-0.2, -0.15) is 0 Å². The Morgan fingerprint density at radius 3 is 2.27 bits per heavy atom. The highest BCUT2D eigenvalue weighted by molar-refractivity contribution is 6.89. The zero-order valence-corrected chi connectivity index (χ0v) is 16.2. The number of rotatable bonds is 5. The Hall–Kier alpha value is -1.02. The molecule has 1 saturated carbocycles. The van der Waals surface area contributed by atoms with Crippen molar-refractivity contribution in [1.29, 1.82) is 0 Å². The summed E-state index contributed by atoms with van der Waals surface area (Å²) in [5.41, 5.74) is 2.83. The maximum atomic E-state index is 6.22. The average Bonchev–Trinajstić information content (AvgIpc) is 2.75. The van der Waals surface area contributed by atoms with Crippen LogP contribution in [0.4, 0.5) is 0 Å². The van der Waals surface area contributed by atoms with Crippen LogP contribution in [-0.2, 0) is 0 Å². The first-order valence-electron chi connectivity index (χ1n) is 8.64. The molecule has 0 aliphatic heterocycles. The molecule has 1 aliphatic rings. The predicted octanol–water partition coefficient (Wildman–Crippen LogP) is 5.25. The summed E-state index contributed by atoms with van der Waals surface area (Å²) in [6.07, 6.45) is 4.53. The Bertz CT molecular complexity index is 531. The topological polar surface area (TPSA) is 9.23 Å². The van der Waals surface area contributed by atoms with Gasteiger partial charge in [-0.25, -0.2) is 0 Å². The smallest absolute Gasteiger partial charge is 0.122 e. The lowest BCUT2D eigenvalue weighted by atomic mass is 9.83.